The van der Waals surface area contributed by atoms with Crippen molar-refractivity contribution in [2.45, 2.75) is 13.8 Å². The van der Waals surface area contributed by atoms with Gasteiger partial charge in [0.1, 0.15) is 5.58 Å². The molecule has 0 aliphatic rings. The predicted octanol–water partition coefficient (Wildman–Crippen LogP) is 5.02. The average Bonchev–Trinajstić information content (AvgIpc) is 2.73. The quantitative estimate of drug-likeness (QED) is 0.358. The van der Waals surface area contributed by atoms with E-state index < -0.39 is 11.5 Å². The Morgan fingerprint density at radius 3 is 2.48 bits per heavy atom. The molecule has 31 heavy (non-hydrogen) atoms. The maximum Gasteiger partial charge on any atom is 0.344 e. The molecule has 0 aliphatic heterocycles. The fourth-order valence-electron chi connectivity index (χ4n) is 3.45. The number of nitrogens with one attached hydrogen (secondary N) is 1. The molecule has 0 saturated carbocycles. The van der Waals surface area contributed by atoms with E-state index >= 15 is 0 Å². The minimum atomic E-state index is -0.433. The zero-order valence-corrected chi connectivity index (χ0v) is 16.9. The van der Waals surface area contributed by atoms with Crippen molar-refractivity contribution in [3.8, 4) is 11.1 Å². The summed E-state index contributed by atoms with van der Waals surface area (Å²) in [5, 5.41) is 23.7. The Morgan fingerprint density at radius 2 is 1.74 bits per heavy atom. The van der Waals surface area contributed by atoms with E-state index in [1.807, 2.05) is 19.1 Å². The van der Waals surface area contributed by atoms with E-state index in [0.717, 1.165) is 10.9 Å². The van der Waals surface area contributed by atoms with E-state index in [4.69, 9.17) is 4.42 Å². The van der Waals surface area contributed by atoms with Crippen molar-refractivity contribution >= 4 is 28.3 Å². The molecule has 0 aliphatic carbocycles. The number of amides is 1. The second kappa shape index (κ2) is 8.06. The number of aryl methyl sites for hydroxylation is 2. The Labute approximate surface area is 177 Å². The summed E-state index contributed by atoms with van der Waals surface area (Å²) in [6, 6.07) is 18.7. The van der Waals surface area contributed by atoms with Crippen molar-refractivity contribution < 1.29 is 14.4 Å². The molecule has 0 unspecified atom stereocenters. The standard InChI is InChI=1S/C24H19N2O5/c1-14-7-8-17(13-21(14)26(29)30)23(27)25-18-9-10-19(15(2)11-18)20-12-16-5-3-4-6-22(16)31-24(20)28/h3-13,29H,1-2H3,(H,25,27)/q-1. The van der Waals surface area contributed by atoms with Crippen LogP contribution in [0, 0.1) is 19.1 Å². The van der Waals surface area contributed by atoms with Crippen LogP contribution in [0.25, 0.3) is 22.1 Å². The lowest BCUT2D eigenvalue weighted by Crippen LogP contribution is -2.15. The number of hydrogen-bond donors (Lipinski definition) is 2. The van der Waals surface area contributed by atoms with Crippen LogP contribution in [0.1, 0.15) is 21.5 Å². The monoisotopic (exact) mass is 415 g/mol. The minimum Gasteiger partial charge on any atom is -0.733 e. The molecule has 156 valence electrons. The van der Waals surface area contributed by atoms with Crippen molar-refractivity contribution in [2.24, 2.45) is 0 Å². The number of para-hydroxylation sites is 1. The van der Waals surface area contributed by atoms with Crippen LogP contribution in [0.15, 0.2) is 75.9 Å². The number of carbonyl (C=O) groups excluding carboxylic acids is 1. The first-order valence-electron chi connectivity index (χ1n) is 9.55. The molecule has 3 aromatic carbocycles. The topological polar surface area (TPSA) is 106 Å². The van der Waals surface area contributed by atoms with E-state index in [2.05, 4.69) is 5.32 Å². The van der Waals surface area contributed by atoms with Gasteiger partial charge in [0, 0.05) is 16.6 Å². The van der Waals surface area contributed by atoms with Crippen LogP contribution in [0.5, 0.6) is 0 Å². The second-order valence-electron chi connectivity index (χ2n) is 7.24. The molecule has 1 heterocycles. The highest BCUT2D eigenvalue weighted by Gasteiger charge is 2.13. The zero-order chi connectivity index (χ0) is 22.1. The Bertz CT molecular complexity index is 1360. The summed E-state index contributed by atoms with van der Waals surface area (Å²) in [6.07, 6.45) is 0. The summed E-state index contributed by atoms with van der Waals surface area (Å²) in [6.45, 7) is 3.49. The number of fused-ring (bicyclic) bond motifs is 1. The van der Waals surface area contributed by atoms with Gasteiger partial charge in [0.05, 0.1) is 11.3 Å². The fourth-order valence-corrected chi connectivity index (χ4v) is 3.45. The number of benzene rings is 3. The van der Waals surface area contributed by atoms with Gasteiger partial charge in [0.25, 0.3) is 5.91 Å². The Balaban J connectivity index is 1.63. The van der Waals surface area contributed by atoms with Gasteiger partial charge < -0.3 is 20.2 Å². The molecule has 0 spiro atoms. The van der Waals surface area contributed by atoms with Gasteiger partial charge in [-0.3, -0.25) is 10.0 Å². The summed E-state index contributed by atoms with van der Waals surface area (Å²) in [7, 11) is 0. The summed E-state index contributed by atoms with van der Waals surface area (Å²) >= 11 is 0. The molecule has 7 heteroatoms. The second-order valence-corrected chi connectivity index (χ2v) is 7.24. The third kappa shape index (κ3) is 4.05. The van der Waals surface area contributed by atoms with E-state index in [-0.39, 0.29) is 16.5 Å². The number of carbonyl (C=O) groups is 1. The van der Waals surface area contributed by atoms with Gasteiger partial charge in [-0.1, -0.05) is 30.3 Å². The molecule has 0 saturated heterocycles. The molecule has 0 fully saturated rings. The van der Waals surface area contributed by atoms with Crippen molar-refractivity contribution in [3.05, 3.63) is 99.0 Å². The molecule has 1 aromatic heterocycles. The largest absolute Gasteiger partial charge is 0.733 e. The number of rotatable bonds is 4. The first-order valence-corrected chi connectivity index (χ1v) is 9.55. The van der Waals surface area contributed by atoms with Gasteiger partial charge >= 0.3 is 5.63 Å². The van der Waals surface area contributed by atoms with Gasteiger partial charge in [-0.25, -0.2) is 4.79 Å². The minimum absolute atomic E-state index is 0.00204. The number of hydrogen-bond acceptors (Lipinski definition) is 6. The summed E-state index contributed by atoms with van der Waals surface area (Å²) in [4.78, 5) is 25.1. The van der Waals surface area contributed by atoms with Crippen LogP contribution in [-0.4, -0.2) is 11.1 Å². The molecule has 4 rings (SSSR count). The molecule has 0 radical (unpaired) electrons. The van der Waals surface area contributed by atoms with E-state index in [1.54, 1.807) is 55.5 Å². The molecule has 0 atom stereocenters. The maximum atomic E-state index is 12.6. The predicted molar refractivity (Wildman–Crippen MR) is 119 cm³/mol. The third-order valence-corrected chi connectivity index (χ3v) is 5.09. The molecular formula is C24H19N2O5-. The van der Waals surface area contributed by atoms with Crippen LogP contribution in [-0.2, 0) is 0 Å². The van der Waals surface area contributed by atoms with Crippen molar-refractivity contribution in [1.82, 2.24) is 0 Å². The van der Waals surface area contributed by atoms with Gasteiger partial charge in [0.2, 0.25) is 0 Å². The highest BCUT2D eigenvalue weighted by Crippen LogP contribution is 2.27. The Hall–Kier alpha value is -3.94. The first-order chi connectivity index (χ1) is 14.8. The Morgan fingerprint density at radius 1 is 0.968 bits per heavy atom. The lowest BCUT2D eigenvalue weighted by Gasteiger charge is -2.24. The van der Waals surface area contributed by atoms with Gasteiger partial charge in [-0.15, -0.1) is 0 Å². The van der Waals surface area contributed by atoms with Gasteiger partial charge in [-0.05, 0) is 66.9 Å². The van der Waals surface area contributed by atoms with E-state index in [0.29, 0.717) is 28.0 Å². The molecule has 0 bridgehead atoms. The summed E-state index contributed by atoms with van der Waals surface area (Å²) < 4.78 is 5.42. The zero-order valence-electron chi connectivity index (χ0n) is 16.9. The maximum absolute atomic E-state index is 12.6. The SMILES string of the molecule is Cc1cc(NC(=O)c2ccc(C)c(N([O-])O)c2)ccc1-c1cc2ccccc2oc1=O. The smallest absolute Gasteiger partial charge is 0.344 e. The molecular weight excluding hydrogens is 396 g/mol. The van der Waals surface area contributed by atoms with Gasteiger partial charge in [0.15, 0.2) is 0 Å². The normalized spacial score (nSPS) is 10.8. The highest BCUT2D eigenvalue weighted by molar-refractivity contribution is 6.05. The van der Waals surface area contributed by atoms with Crippen LogP contribution in [0.3, 0.4) is 0 Å². The summed E-state index contributed by atoms with van der Waals surface area (Å²) in [5.41, 5.74) is 3.32. The van der Waals surface area contributed by atoms with E-state index in [9.17, 15) is 20.0 Å². The third-order valence-electron chi connectivity index (χ3n) is 5.09. The van der Waals surface area contributed by atoms with Crippen LogP contribution >= 0.6 is 0 Å². The van der Waals surface area contributed by atoms with Crippen molar-refractivity contribution in [2.75, 3.05) is 10.5 Å². The molecule has 7 nitrogen and oxygen atoms in total. The van der Waals surface area contributed by atoms with Crippen molar-refractivity contribution in [3.63, 3.8) is 0 Å². The molecule has 2 N–H and O–H groups in total. The lowest BCUT2D eigenvalue weighted by atomic mass is 10.0. The summed E-state index contributed by atoms with van der Waals surface area (Å²) in [5.74, 6) is -0.430. The van der Waals surface area contributed by atoms with Crippen LogP contribution in [0.2, 0.25) is 0 Å². The first kappa shape index (κ1) is 20.3. The van der Waals surface area contributed by atoms with Crippen LogP contribution in [0.4, 0.5) is 11.4 Å². The average molecular weight is 415 g/mol. The number of anilines is 2. The molecule has 1 amide bonds. The number of nitrogens with zero attached hydrogens (tertiary/aromatic N) is 1. The fraction of sp³-hybridized carbons (Fsp3) is 0.0833. The van der Waals surface area contributed by atoms with Crippen molar-refractivity contribution in [1.29, 1.82) is 0 Å². The Kier molecular flexibility index (Phi) is 5.29. The molecule has 4 aromatic rings. The van der Waals surface area contributed by atoms with Gasteiger partial charge in [-0.2, -0.15) is 0 Å². The van der Waals surface area contributed by atoms with Crippen LogP contribution < -0.4 is 16.2 Å². The van der Waals surface area contributed by atoms with E-state index in [1.165, 1.54) is 6.07 Å². The highest BCUT2D eigenvalue weighted by atomic mass is 16.8. The lowest BCUT2D eigenvalue weighted by molar-refractivity contribution is 0.102.